The summed E-state index contributed by atoms with van der Waals surface area (Å²) in [6, 6.07) is 10.1. The molecule has 0 spiro atoms. The molecule has 0 radical (unpaired) electrons. The van der Waals surface area contributed by atoms with Crippen molar-refractivity contribution in [1.82, 2.24) is 9.62 Å². The summed E-state index contributed by atoms with van der Waals surface area (Å²) in [5.41, 5.74) is 1.42. The van der Waals surface area contributed by atoms with Crippen LogP contribution in [0.2, 0.25) is 0 Å². The fraction of sp³-hybridized carbons (Fsp3) is 0.333. The van der Waals surface area contributed by atoms with Crippen LogP contribution in [0.1, 0.15) is 18.4 Å². The van der Waals surface area contributed by atoms with Gasteiger partial charge in [0, 0.05) is 24.8 Å². The number of nitrogens with zero attached hydrogens (tertiary/aromatic N) is 1. The topological polar surface area (TPSA) is 95.6 Å². The lowest BCUT2D eigenvalue weighted by Crippen LogP contribution is -2.45. The van der Waals surface area contributed by atoms with Crippen molar-refractivity contribution in [2.45, 2.75) is 30.0 Å². The van der Waals surface area contributed by atoms with E-state index in [0.29, 0.717) is 18.7 Å². The summed E-state index contributed by atoms with van der Waals surface area (Å²) in [5.74, 6) is -1.55. The molecule has 2 amide bonds. The normalized spacial score (nSPS) is 17.6. The van der Waals surface area contributed by atoms with E-state index in [0.717, 1.165) is 12.0 Å². The van der Waals surface area contributed by atoms with Gasteiger partial charge in [-0.2, -0.15) is 4.31 Å². The standard InChI is InChI=1S/C18H21N3O4S2/c1-13-6-2-3-8-15(13)20-18(23)17(22)19-12-14-7-4-10-21(14)27(24,25)16-9-5-11-26-16/h2-3,5-6,8-9,11,14H,4,7,10,12H2,1H3,(H,19,22)(H,20,23)/t14-/m1/s1. The summed E-state index contributed by atoms with van der Waals surface area (Å²) in [6.07, 6.45) is 1.37. The number of carbonyl (C=O) groups excluding carboxylic acids is 2. The zero-order valence-corrected chi connectivity index (χ0v) is 16.5. The zero-order chi connectivity index (χ0) is 19.4. The highest BCUT2D eigenvalue weighted by Crippen LogP contribution is 2.28. The van der Waals surface area contributed by atoms with E-state index in [9.17, 15) is 18.0 Å². The maximum atomic E-state index is 12.7. The Morgan fingerprint density at radius 1 is 1.19 bits per heavy atom. The molecule has 0 unspecified atom stereocenters. The highest BCUT2D eigenvalue weighted by atomic mass is 32.2. The molecule has 2 aromatic rings. The van der Waals surface area contributed by atoms with E-state index < -0.39 is 21.8 Å². The van der Waals surface area contributed by atoms with Gasteiger partial charge < -0.3 is 10.6 Å². The number of benzene rings is 1. The van der Waals surface area contributed by atoms with Crippen molar-refractivity contribution in [3.8, 4) is 0 Å². The van der Waals surface area contributed by atoms with Gasteiger partial charge in [-0.25, -0.2) is 8.42 Å². The molecule has 2 N–H and O–H groups in total. The first kappa shape index (κ1) is 19.5. The molecular weight excluding hydrogens is 386 g/mol. The van der Waals surface area contributed by atoms with Crippen molar-refractivity contribution in [3.05, 3.63) is 47.3 Å². The van der Waals surface area contributed by atoms with Crippen LogP contribution in [0.25, 0.3) is 0 Å². The van der Waals surface area contributed by atoms with Gasteiger partial charge in [-0.3, -0.25) is 9.59 Å². The van der Waals surface area contributed by atoms with Crippen molar-refractivity contribution in [3.63, 3.8) is 0 Å². The van der Waals surface area contributed by atoms with Crippen LogP contribution < -0.4 is 10.6 Å². The second-order valence-electron chi connectivity index (χ2n) is 6.32. The second kappa shape index (κ2) is 8.20. The molecule has 0 aliphatic carbocycles. The number of amides is 2. The van der Waals surface area contributed by atoms with E-state index in [1.54, 1.807) is 29.6 Å². The van der Waals surface area contributed by atoms with Gasteiger partial charge in [0.25, 0.3) is 10.0 Å². The third-order valence-corrected chi connectivity index (χ3v) is 7.80. The Labute approximate surface area is 162 Å². The van der Waals surface area contributed by atoms with Gasteiger partial charge in [0.1, 0.15) is 4.21 Å². The summed E-state index contributed by atoms with van der Waals surface area (Å²) in [7, 11) is -3.57. The van der Waals surface area contributed by atoms with Gasteiger partial charge in [-0.15, -0.1) is 11.3 Å². The van der Waals surface area contributed by atoms with Gasteiger partial charge in [0.2, 0.25) is 0 Å². The number of anilines is 1. The molecule has 0 saturated carbocycles. The van der Waals surface area contributed by atoms with Crippen molar-refractivity contribution >= 4 is 38.9 Å². The molecule has 1 aliphatic rings. The number of nitrogens with one attached hydrogen (secondary N) is 2. The van der Waals surface area contributed by atoms with Crippen LogP contribution in [0.3, 0.4) is 0 Å². The van der Waals surface area contributed by atoms with Gasteiger partial charge in [0.15, 0.2) is 0 Å². The Morgan fingerprint density at radius 3 is 2.67 bits per heavy atom. The van der Waals surface area contributed by atoms with Crippen molar-refractivity contribution in [2.24, 2.45) is 0 Å². The van der Waals surface area contributed by atoms with E-state index in [4.69, 9.17) is 0 Å². The molecule has 2 heterocycles. The number of carbonyl (C=O) groups is 2. The van der Waals surface area contributed by atoms with Crippen LogP contribution in [0, 0.1) is 6.92 Å². The molecule has 9 heteroatoms. The highest BCUT2D eigenvalue weighted by Gasteiger charge is 2.36. The fourth-order valence-corrected chi connectivity index (χ4v) is 5.85. The first-order valence-electron chi connectivity index (χ1n) is 8.60. The third kappa shape index (κ3) is 4.37. The monoisotopic (exact) mass is 407 g/mol. The predicted octanol–water partition coefficient (Wildman–Crippen LogP) is 1.96. The van der Waals surface area contributed by atoms with E-state index in [2.05, 4.69) is 10.6 Å². The average molecular weight is 408 g/mol. The summed E-state index contributed by atoms with van der Waals surface area (Å²) in [6.45, 7) is 2.35. The van der Waals surface area contributed by atoms with Crippen LogP contribution in [0.5, 0.6) is 0 Å². The molecule has 1 aliphatic heterocycles. The maximum absolute atomic E-state index is 12.7. The molecule has 1 aromatic carbocycles. The Morgan fingerprint density at radius 2 is 1.96 bits per heavy atom. The lowest BCUT2D eigenvalue weighted by molar-refractivity contribution is -0.136. The number of para-hydroxylation sites is 1. The second-order valence-corrected chi connectivity index (χ2v) is 9.39. The zero-order valence-electron chi connectivity index (χ0n) is 14.8. The first-order valence-corrected chi connectivity index (χ1v) is 10.9. The van der Waals surface area contributed by atoms with Crippen LogP contribution in [-0.4, -0.2) is 43.7 Å². The lowest BCUT2D eigenvalue weighted by atomic mass is 10.2. The smallest absolute Gasteiger partial charge is 0.313 e. The van der Waals surface area contributed by atoms with Crippen molar-refractivity contribution in [2.75, 3.05) is 18.4 Å². The number of hydrogen-bond donors (Lipinski definition) is 2. The Bertz CT molecular complexity index is 926. The van der Waals surface area contributed by atoms with Crippen LogP contribution in [0.4, 0.5) is 5.69 Å². The molecule has 1 atom stereocenters. The number of thiophene rings is 1. The Kier molecular flexibility index (Phi) is 5.93. The van der Waals surface area contributed by atoms with E-state index in [1.165, 1.54) is 15.6 Å². The number of sulfonamides is 1. The number of rotatable bonds is 5. The quantitative estimate of drug-likeness (QED) is 0.741. The SMILES string of the molecule is Cc1ccccc1NC(=O)C(=O)NC[C@H]1CCCN1S(=O)(=O)c1cccs1. The Hall–Kier alpha value is -2.23. The minimum atomic E-state index is -3.57. The third-order valence-electron chi connectivity index (χ3n) is 4.48. The van der Waals surface area contributed by atoms with Crippen LogP contribution in [-0.2, 0) is 19.6 Å². The van der Waals surface area contributed by atoms with Crippen LogP contribution >= 0.6 is 11.3 Å². The molecule has 1 aromatic heterocycles. The summed E-state index contributed by atoms with van der Waals surface area (Å²) >= 11 is 1.17. The molecule has 27 heavy (non-hydrogen) atoms. The lowest BCUT2D eigenvalue weighted by Gasteiger charge is -2.23. The molecule has 1 saturated heterocycles. The molecule has 7 nitrogen and oxygen atoms in total. The van der Waals surface area contributed by atoms with E-state index in [-0.39, 0.29) is 16.8 Å². The van der Waals surface area contributed by atoms with Gasteiger partial charge in [-0.1, -0.05) is 24.3 Å². The summed E-state index contributed by atoms with van der Waals surface area (Å²) < 4.78 is 27.1. The summed E-state index contributed by atoms with van der Waals surface area (Å²) in [5, 5.41) is 6.84. The number of hydrogen-bond acceptors (Lipinski definition) is 5. The predicted molar refractivity (Wildman–Crippen MR) is 104 cm³/mol. The highest BCUT2D eigenvalue weighted by molar-refractivity contribution is 7.91. The summed E-state index contributed by atoms with van der Waals surface area (Å²) in [4.78, 5) is 24.2. The fourth-order valence-electron chi connectivity index (χ4n) is 3.04. The molecule has 0 bridgehead atoms. The Balaban J connectivity index is 1.59. The van der Waals surface area contributed by atoms with Gasteiger partial charge in [-0.05, 0) is 42.8 Å². The van der Waals surface area contributed by atoms with E-state index in [1.807, 2.05) is 19.1 Å². The molecule has 3 rings (SSSR count). The molecule has 1 fully saturated rings. The van der Waals surface area contributed by atoms with Crippen molar-refractivity contribution < 1.29 is 18.0 Å². The first-order chi connectivity index (χ1) is 12.9. The molecule has 144 valence electrons. The minimum Gasteiger partial charge on any atom is -0.346 e. The van der Waals surface area contributed by atoms with Crippen LogP contribution in [0.15, 0.2) is 46.0 Å². The van der Waals surface area contributed by atoms with E-state index >= 15 is 0 Å². The van der Waals surface area contributed by atoms with Gasteiger partial charge >= 0.3 is 11.8 Å². The maximum Gasteiger partial charge on any atom is 0.313 e. The molecular formula is C18H21N3O4S2. The van der Waals surface area contributed by atoms with Gasteiger partial charge in [0.05, 0.1) is 0 Å². The van der Waals surface area contributed by atoms with Crippen molar-refractivity contribution in [1.29, 1.82) is 0 Å². The average Bonchev–Trinajstić information content (AvgIpc) is 3.33. The largest absolute Gasteiger partial charge is 0.346 e. The minimum absolute atomic E-state index is 0.102. The number of aryl methyl sites for hydroxylation is 1.